The van der Waals surface area contributed by atoms with E-state index in [1.807, 2.05) is 34.6 Å². The van der Waals surface area contributed by atoms with Crippen molar-refractivity contribution in [1.82, 2.24) is 5.32 Å². The molecule has 0 radical (unpaired) electrons. The van der Waals surface area contributed by atoms with Crippen molar-refractivity contribution in [3.05, 3.63) is 0 Å². The number of rotatable bonds is 6. The van der Waals surface area contributed by atoms with Crippen LogP contribution in [0.3, 0.4) is 0 Å². The van der Waals surface area contributed by atoms with Crippen LogP contribution < -0.4 is 5.32 Å². The van der Waals surface area contributed by atoms with Gasteiger partial charge in [-0.2, -0.15) is 0 Å². The van der Waals surface area contributed by atoms with Crippen LogP contribution in [0.15, 0.2) is 0 Å². The quantitative estimate of drug-likeness (QED) is 0.778. The summed E-state index contributed by atoms with van der Waals surface area (Å²) in [5, 5.41) is 2.96. The van der Waals surface area contributed by atoms with E-state index in [9.17, 15) is 4.79 Å². The van der Waals surface area contributed by atoms with Crippen molar-refractivity contribution in [3.8, 4) is 0 Å². The van der Waals surface area contributed by atoms with E-state index >= 15 is 0 Å². The fraction of sp³-hybridized carbons (Fsp3) is 0.929. The van der Waals surface area contributed by atoms with Gasteiger partial charge in [0, 0.05) is 12.1 Å². The van der Waals surface area contributed by atoms with Crippen molar-refractivity contribution in [2.24, 2.45) is 5.92 Å². The Balaban J connectivity index is 4.03. The van der Waals surface area contributed by atoms with Crippen LogP contribution >= 0.6 is 0 Å². The van der Waals surface area contributed by atoms with E-state index in [0.717, 1.165) is 6.42 Å². The summed E-state index contributed by atoms with van der Waals surface area (Å²) >= 11 is 0. The number of amides is 1. The number of hydrogen-bond acceptors (Lipinski definition) is 2. The highest BCUT2D eigenvalue weighted by molar-refractivity contribution is 5.77. The van der Waals surface area contributed by atoms with E-state index in [-0.39, 0.29) is 17.0 Å². The number of carbonyl (C=O) groups excluding carboxylic acids is 1. The van der Waals surface area contributed by atoms with Gasteiger partial charge in [-0.3, -0.25) is 4.79 Å². The van der Waals surface area contributed by atoms with Gasteiger partial charge >= 0.3 is 0 Å². The van der Waals surface area contributed by atoms with Gasteiger partial charge in [0.25, 0.3) is 0 Å². The van der Waals surface area contributed by atoms with E-state index in [1.165, 1.54) is 0 Å². The molecular weight excluding hydrogens is 214 g/mol. The second-order valence-corrected chi connectivity index (χ2v) is 6.77. The predicted molar refractivity (Wildman–Crippen MR) is 72.0 cm³/mol. The van der Waals surface area contributed by atoms with E-state index in [1.54, 1.807) is 0 Å². The number of nitrogens with one attached hydrogen (secondary N) is 1. The molecule has 0 fully saturated rings. The molecular formula is C14H29NO2. The third-order valence-electron chi connectivity index (χ3n) is 2.29. The second-order valence-electron chi connectivity index (χ2n) is 6.77. The van der Waals surface area contributed by atoms with Gasteiger partial charge in [0.05, 0.1) is 12.0 Å². The number of hydrogen-bond donors (Lipinski definition) is 1. The molecule has 0 spiro atoms. The Labute approximate surface area is 106 Å². The lowest BCUT2D eigenvalue weighted by Gasteiger charge is -2.28. The summed E-state index contributed by atoms with van der Waals surface area (Å²) in [5.74, 6) is 0.682. The normalized spacial score (nSPS) is 12.9. The number of ether oxygens (including phenoxy) is 1. The third-order valence-corrected chi connectivity index (χ3v) is 2.29. The maximum Gasteiger partial charge on any atom is 0.223 e. The Morgan fingerprint density at radius 3 is 2.12 bits per heavy atom. The smallest absolute Gasteiger partial charge is 0.223 e. The monoisotopic (exact) mass is 243 g/mol. The molecule has 0 saturated carbocycles. The van der Waals surface area contributed by atoms with Crippen LogP contribution in [-0.4, -0.2) is 23.7 Å². The van der Waals surface area contributed by atoms with Crippen molar-refractivity contribution in [1.29, 1.82) is 0 Å². The molecule has 0 heterocycles. The van der Waals surface area contributed by atoms with Crippen molar-refractivity contribution >= 4 is 5.91 Å². The fourth-order valence-electron chi connectivity index (χ4n) is 1.47. The summed E-state index contributed by atoms with van der Waals surface area (Å²) in [5.41, 5.74) is -0.560. The molecule has 102 valence electrons. The molecule has 1 N–H and O–H groups in total. The molecule has 0 aliphatic rings. The van der Waals surface area contributed by atoms with Crippen LogP contribution in [0.2, 0.25) is 0 Å². The van der Waals surface area contributed by atoms with E-state index < -0.39 is 0 Å². The zero-order valence-electron chi connectivity index (χ0n) is 12.5. The summed E-state index contributed by atoms with van der Waals surface area (Å²) < 4.78 is 5.76. The minimum atomic E-state index is -0.385. The lowest BCUT2D eigenvalue weighted by molar-refractivity contribution is -0.129. The molecule has 0 rings (SSSR count). The maximum atomic E-state index is 11.8. The summed E-state index contributed by atoms with van der Waals surface area (Å²) in [6.07, 6.45) is 1.44. The van der Waals surface area contributed by atoms with E-state index in [4.69, 9.17) is 4.74 Å². The summed E-state index contributed by atoms with van der Waals surface area (Å²) in [6, 6.07) is 0. The van der Waals surface area contributed by atoms with Gasteiger partial charge in [-0.1, -0.05) is 13.8 Å². The maximum absolute atomic E-state index is 11.8. The third kappa shape index (κ3) is 10.3. The van der Waals surface area contributed by atoms with Crippen LogP contribution in [-0.2, 0) is 9.53 Å². The molecule has 3 heteroatoms. The van der Waals surface area contributed by atoms with Crippen LogP contribution in [0.5, 0.6) is 0 Å². The SMILES string of the molecule is CC(C)CCOC(C)(C)CC(=O)NC(C)(C)C. The predicted octanol–water partition coefficient (Wildman–Crippen LogP) is 3.13. The van der Waals surface area contributed by atoms with Gasteiger partial charge in [-0.05, 0) is 47.0 Å². The first-order valence-electron chi connectivity index (χ1n) is 6.47. The average Bonchev–Trinajstić information content (AvgIpc) is 1.96. The largest absolute Gasteiger partial charge is 0.375 e. The highest BCUT2D eigenvalue weighted by atomic mass is 16.5. The van der Waals surface area contributed by atoms with Gasteiger partial charge in [-0.25, -0.2) is 0 Å². The second kappa shape index (κ2) is 6.39. The molecule has 0 saturated heterocycles. The van der Waals surface area contributed by atoms with Gasteiger partial charge in [0.2, 0.25) is 5.91 Å². The molecule has 0 aromatic carbocycles. The van der Waals surface area contributed by atoms with Gasteiger partial charge in [0.15, 0.2) is 0 Å². The van der Waals surface area contributed by atoms with Crippen molar-refractivity contribution in [2.75, 3.05) is 6.61 Å². The van der Waals surface area contributed by atoms with Gasteiger partial charge in [0.1, 0.15) is 0 Å². The lowest BCUT2D eigenvalue weighted by atomic mass is 10.0. The molecule has 0 unspecified atom stereocenters. The molecule has 0 aliphatic heterocycles. The number of carbonyl (C=O) groups is 1. The Kier molecular flexibility index (Phi) is 6.17. The molecule has 1 amide bonds. The molecule has 0 aromatic heterocycles. The molecule has 0 atom stereocenters. The lowest BCUT2D eigenvalue weighted by Crippen LogP contribution is -2.44. The first-order chi connectivity index (χ1) is 7.52. The molecule has 3 nitrogen and oxygen atoms in total. The minimum Gasteiger partial charge on any atom is -0.375 e. The Hall–Kier alpha value is -0.570. The van der Waals surface area contributed by atoms with Crippen molar-refractivity contribution in [2.45, 2.75) is 72.4 Å². The van der Waals surface area contributed by atoms with Crippen molar-refractivity contribution < 1.29 is 9.53 Å². The molecule has 0 aromatic rings. The van der Waals surface area contributed by atoms with Crippen LogP contribution in [0.4, 0.5) is 0 Å². The standard InChI is InChI=1S/C14H29NO2/c1-11(2)8-9-17-14(6,7)10-12(16)15-13(3,4)5/h11H,8-10H2,1-7H3,(H,15,16). The summed E-state index contributed by atoms with van der Waals surface area (Å²) in [7, 11) is 0. The minimum absolute atomic E-state index is 0.0482. The summed E-state index contributed by atoms with van der Waals surface area (Å²) in [6.45, 7) is 14.9. The Morgan fingerprint density at radius 2 is 1.71 bits per heavy atom. The topological polar surface area (TPSA) is 38.3 Å². The average molecular weight is 243 g/mol. The highest BCUT2D eigenvalue weighted by Crippen LogP contribution is 2.16. The van der Waals surface area contributed by atoms with Gasteiger partial charge in [-0.15, -0.1) is 0 Å². The Bertz CT molecular complexity index is 239. The van der Waals surface area contributed by atoms with Crippen molar-refractivity contribution in [3.63, 3.8) is 0 Å². The Morgan fingerprint density at radius 1 is 1.18 bits per heavy atom. The first-order valence-corrected chi connectivity index (χ1v) is 6.47. The molecule has 0 bridgehead atoms. The van der Waals surface area contributed by atoms with Crippen LogP contribution in [0.1, 0.15) is 61.3 Å². The molecule has 0 aliphatic carbocycles. The summed E-state index contributed by atoms with van der Waals surface area (Å²) in [4.78, 5) is 11.8. The van der Waals surface area contributed by atoms with Crippen LogP contribution in [0.25, 0.3) is 0 Å². The fourth-order valence-corrected chi connectivity index (χ4v) is 1.47. The first kappa shape index (κ1) is 16.4. The zero-order chi connectivity index (χ0) is 13.7. The zero-order valence-corrected chi connectivity index (χ0v) is 12.5. The van der Waals surface area contributed by atoms with Gasteiger partial charge < -0.3 is 10.1 Å². The highest BCUT2D eigenvalue weighted by Gasteiger charge is 2.24. The van der Waals surface area contributed by atoms with E-state index in [0.29, 0.717) is 18.9 Å². The molecule has 17 heavy (non-hydrogen) atoms. The van der Waals surface area contributed by atoms with Crippen LogP contribution in [0, 0.1) is 5.92 Å². The van der Waals surface area contributed by atoms with E-state index in [2.05, 4.69) is 19.2 Å².